The lowest BCUT2D eigenvalue weighted by Crippen LogP contribution is -2.49. The zero-order chi connectivity index (χ0) is 28.9. The molecule has 0 unspecified atom stereocenters. The van der Waals surface area contributed by atoms with Gasteiger partial charge in [0.1, 0.15) is 24.1 Å². The number of aromatic nitrogens is 3. The summed E-state index contributed by atoms with van der Waals surface area (Å²) in [4.78, 5) is 16.9. The predicted octanol–water partition coefficient (Wildman–Crippen LogP) is 4.45. The fourth-order valence-corrected chi connectivity index (χ4v) is 5.99. The Hall–Kier alpha value is -3.51. The van der Waals surface area contributed by atoms with Crippen LogP contribution in [0.5, 0.6) is 5.75 Å². The minimum atomic E-state index is -4.65. The third-order valence-corrected chi connectivity index (χ3v) is 8.21. The molecular formula is C29H31F4N5O3. The van der Waals surface area contributed by atoms with E-state index in [0.29, 0.717) is 56.2 Å². The number of likely N-dealkylation sites (tertiary alicyclic amines) is 1. The first-order chi connectivity index (χ1) is 19.6. The second-order valence-electron chi connectivity index (χ2n) is 11.1. The molecule has 1 amide bonds. The van der Waals surface area contributed by atoms with Crippen molar-refractivity contribution < 1.29 is 31.8 Å². The molecule has 0 radical (unpaired) electrons. The Morgan fingerprint density at radius 3 is 2.59 bits per heavy atom. The van der Waals surface area contributed by atoms with E-state index in [1.54, 1.807) is 17.3 Å². The Morgan fingerprint density at radius 2 is 1.98 bits per heavy atom. The number of aryl methyl sites for hydroxylation is 1. The number of alkyl halides is 4. The van der Waals surface area contributed by atoms with Gasteiger partial charge in [0, 0.05) is 55.8 Å². The summed E-state index contributed by atoms with van der Waals surface area (Å²) >= 11 is 0. The van der Waals surface area contributed by atoms with Crippen LogP contribution in [0.25, 0.3) is 0 Å². The van der Waals surface area contributed by atoms with Gasteiger partial charge in [-0.3, -0.25) is 9.69 Å². The number of anilines is 1. The van der Waals surface area contributed by atoms with Crippen LogP contribution in [0.3, 0.4) is 0 Å². The number of halogens is 4. The third kappa shape index (κ3) is 5.19. The number of carbonyl (C=O) groups excluding carboxylic acids is 1. The minimum Gasteiger partial charge on any atom is -0.494 e. The zero-order valence-electron chi connectivity index (χ0n) is 22.9. The SMILES string of the molecule is CCOc1cc(N2Cc3c(cc(CN4CC[C@@H](F)C4)cc3C(F)(F)F)C2=O)cc(C2(Cc3nncn3C)COC2)c1. The molecule has 8 nitrogen and oxygen atoms in total. The van der Waals surface area contributed by atoms with Crippen molar-refractivity contribution >= 4 is 11.6 Å². The number of hydrogen-bond donors (Lipinski definition) is 0. The van der Waals surface area contributed by atoms with Gasteiger partial charge in [-0.05, 0) is 54.3 Å². The summed E-state index contributed by atoms with van der Waals surface area (Å²) in [5.74, 6) is 0.768. The summed E-state index contributed by atoms with van der Waals surface area (Å²) in [6.45, 7) is 3.62. The highest BCUT2D eigenvalue weighted by molar-refractivity contribution is 6.10. The molecule has 3 aromatic rings. The molecule has 1 atom stereocenters. The zero-order valence-corrected chi connectivity index (χ0v) is 22.9. The highest BCUT2D eigenvalue weighted by Crippen LogP contribution is 2.43. The van der Waals surface area contributed by atoms with Crippen molar-refractivity contribution in [1.82, 2.24) is 19.7 Å². The van der Waals surface area contributed by atoms with E-state index < -0.39 is 29.2 Å². The first kappa shape index (κ1) is 27.6. The number of rotatable bonds is 8. The van der Waals surface area contributed by atoms with Gasteiger partial charge in [-0.25, -0.2) is 4.39 Å². The van der Waals surface area contributed by atoms with Crippen molar-refractivity contribution in [2.75, 3.05) is 37.8 Å². The van der Waals surface area contributed by atoms with E-state index in [9.17, 15) is 22.4 Å². The summed E-state index contributed by atoms with van der Waals surface area (Å²) in [7, 11) is 1.86. The van der Waals surface area contributed by atoms with E-state index in [-0.39, 0.29) is 30.8 Å². The van der Waals surface area contributed by atoms with Crippen LogP contribution in [0, 0.1) is 0 Å². The Morgan fingerprint density at radius 1 is 1.17 bits per heavy atom. The number of benzene rings is 2. The van der Waals surface area contributed by atoms with Crippen molar-refractivity contribution in [2.24, 2.45) is 7.05 Å². The van der Waals surface area contributed by atoms with Gasteiger partial charge in [-0.1, -0.05) is 0 Å². The summed E-state index contributed by atoms with van der Waals surface area (Å²) < 4.78 is 69.8. The second kappa shape index (κ2) is 10.4. The average molecular weight is 574 g/mol. The molecule has 3 aliphatic rings. The summed E-state index contributed by atoms with van der Waals surface area (Å²) in [6, 6.07) is 8.05. The Balaban J connectivity index is 1.37. The molecular weight excluding hydrogens is 542 g/mol. The van der Waals surface area contributed by atoms with Crippen LogP contribution in [0.2, 0.25) is 0 Å². The number of carbonyl (C=O) groups is 1. The number of nitrogens with zero attached hydrogens (tertiary/aromatic N) is 5. The Kier molecular flexibility index (Phi) is 7.01. The van der Waals surface area contributed by atoms with Crippen LogP contribution in [-0.4, -0.2) is 64.7 Å². The van der Waals surface area contributed by atoms with Crippen molar-refractivity contribution in [1.29, 1.82) is 0 Å². The first-order valence-corrected chi connectivity index (χ1v) is 13.7. The second-order valence-corrected chi connectivity index (χ2v) is 11.1. The fourth-order valence-electron chi connectivity index (χ4n) is 5.99. The molecule has 2 aromatic carbocycles. The van der Waals surface area contributed by atoms with Crippen molar-refractivity contribution in [3.63, 3.8) is 0 Å². The number of amides is 1. The van der Waals surface area contributed by atoms with E-state index >= 15 is 0 Å². The predicted molar refractivity (Wildman–Crippen MR) is 142 cm³/mol. The van der Waals surface area contributed by atoms with Gasteiger partial charge in [0.2, 0.25) is 0 Å². The quantitative estimate of drug-likeness (QED) is 0.371. The van der Waals surface area contributed by atoms with E-state index in [2.05, 4.69) is 10.2 Å². The molecule has 0 spiro atoms. The molecule has 1 aromatic heterocycles. The van der Waals surface area contributed by atoms with Gasteiger partial charge in [0.15, 0.2) is 0 Å². The lowest BCUT2D eigenvalue weighted by atomic mass is 9.75. The average Bonchev–Trinajstić information content (AvgIpc) is 3.59. The molecule has 4 heterocycles. The van der Waals surface area contributed by atoms with Crippen LogP contribution in [-0.2, 0) is 42.9 Å². The van der Waals surface area contributed by atoms with Crippen LogP contribution in [0.4, 0.5) is 23.2 Å². The van der Waals surface area contributed by atoms with Crippen LogP contribution in [0.15, 0.2) is 36.7 Å². The number of hydrogen-bond acceptors (Lipinski definition) is 6. The lowest BCUT2D eigenvalue weighted by Gasteiger charge is -2.42. The van der Waals surface area contributed by atoms with Gasteiger partial charge < -0.3 is 18.9 Å². The highest BCUT2D eigenvalue weighted by atomic mass is 19.4. The molecule has 6 rings (SSSR count). The molecule has 0 bridgehead atoms. The van der Waals surface area contributed by atoms with Gasteiger partial charge >= 0.3 is 6.18 Å². The minimum absolute atomic E-state index is 0.0231. The van der Waals surface area contributed by atoms with E-state index in [1.165, 1.54) is 11.0 Å². The van der Waals surface area contributed by atoms with Crippen molar-refractivity contribution in [2.45, 2.75) is 50.6 Å². The molecule has 12 heteroatoms. The molecule has 0 saturated carbocycles. The van der Waals surface area contributed by atoms with Crippen LogP contribution < -0.4 is 9.64 Å². The smallest absolute Gasteiger partial charge is 0.416 e. The third-order valence-electron chi connectivity index (χ3n) is 8.21. The monoisotopic (exact) mass is 573 g/mol. The van der Waals surface area contributed by atoms with Gasteiger partial charge in [-0.15, -0.1) is 10.2 Å². The maximum Gasteiger partial charge on any atom is 0.416 e. The molecule has 0 N–H and O–H groups in total. The molecule has 2 fully saturated rings. The van der Waals surface area contributed by atoms with Crippen LogP contribution >= 0.6 is 0 Å². The standard InChI is InChI=1S/C29H31F4N5O3/c1-3-41-22-9-19(28(15-40-16-28)11-26-35-34-17-36(26)2)8-21(10-22)38-14-24-23(27(38)39)6-18(7-25(24)29(31,32)33)12-37-5-4-20(30)13-37/h6-10,17,20H,3-5,11-16H2,1-2H3/t20-/m1/s1. The van der Waals surface area contributed by atoms with Crippen molar-refractivity contribution in [3.05, 3.63) is 70.3 Å². The lowest BCUT2D eigenvalue weighted by molar-refractivity contribution is -0.138. The normalized spacial score (nSPS) is 20.4. The largest absolute Gasteiger partial charge is 0.494 e. The topological polar surface area (TPSA) is 72.7 Å². The van der Waals surface area contributed by atoms with Gasteiger partial charge in [0.05, 0.1) is 31.9 Å². The van der Waals surface area contributed by atoms with Crippen molar-refractivity contribution in [3.8, 4) is 5.75 Å². The molecule has 218 valence electrons. The Bertz CT molecular complexity index is 1470. The molecule has 3 aliphatic heterocycles. The Labute approximate surface area is 234 Å². The van der Waals surface area contributed by atoms with Gasteiger partial charge in [-0.2, -0.15) is 13.2 Å². The fraction of sp³-hybridized carbons (Fsp3) is 0.483. The number of fused-ring (bicyclic) bond motifs is 1. The first-order valence-electron chi connectivity index (χ1n) is 13.7. The van der Waals surface area contributed by atoms with E-state index in [4.69, 9.17) is 9.47 Å². The van der Waals surface area contributed by atoms with Gasteiger partial charge in [0.25, 0.3) is 5.91 Å². The summed E-state index contributed by atoms with van der Waals surface area (Å²) in [6.07, 6.45) is -3.13. The summed E-state index contributed by atoms with van der Waals surface area (Å²) in [5, 5.41) is 8.19. The van der Waals surface area contributed by atoms with Crippen LogP contribution in [0.1, 0.15) is 51.8 Å². The van der Waals surface area contributed by atoms with E-state index in [1.807, 2.05) is 30.7 Å². The highest BCUT2D eigenvalue weighted by Gasteiger charge is 2.44. The maximum absolute atomic E-state index is 14.3. The molecule has 41 heavy (non-hydrogen) atoms. The van der Waals surface area contributed by atoms with E-state index in [0.717, 1.165) is 17.5 Å². The summed E-state index contributed by atoms with van der Waals surface area (Å²) in [5.41, 5.74) is 0.332. The molecule has 2 saturated heterocycles. The maximum atomic E-state index is 14.3. The number of ether oxygens (including phenoxy) is 2. The molecule has 0 aliphatic carbocycles.